The lowest BCUT2D eigenvalue weighted by Gasteiger charge is -1.91. The zero-order valence-electron chi connectivity index (χ0n) is 8.36. The fourth-order valence-corrected chi connectivity index (χ4v) is 0.942. The summed E-state index contributed by atoms with van der Waals surface area (Å²) in [5.41, 5.74) is 0.447. The van der Waals surface area contributed by atoms with Crippen LogP contribution >= 0.6 is 0 Å². The summed E-state index contributed by atoms with van der Waals surface area (Å²) in [7, 11) is 1.84. The van der Waals surface area contributed by atoms with Crippen LogP contribution in [0.2, 0.25) is 0 Å². The van der Waals surface area contributed by atoms with Crippen molar-refractivity contribution in [1.29, 1.82) is 0 Å². The van der Waals surface area contributed by atoms with E-state index in [0.717, 1.165) is 6.54 Å². The molecule has 0 bridgehead atoms. The molecule has 0 spiro atoms. The van der Waals surface area contributed by atoms with E-state index in [0.29, 0.717) is 12.1 Å². The van der Waals surface area contributed by atoms with E-state index >= 15 is 0 Å². The summed E-state index contributed by atoms with van der Waals surface area (Å²) in [6.07, 6.45) is 2.08. The Morgan fingerprint density at radius 3 is 3.13 bits per heavy atom. The number of hydrogen-bond acceptors (Lipinski definition) is 4. The second kappa shape index (κ2) is 5.73. The first kappa shape index (κ1) is 11.1. The molecular weight excluding hydrogens is 194 g/mol. The van der Waals surface area contributed by atoms with Gasteiger partial charge in [0, 0.05) is 25.2 Å². The lowest BCUT2D eigenvalue weighted by Crippen LogP contribution is -2.05. The third-order valence-corrected chi connectivity index (χ3v) is 1.67. The van der Waals surface area contributed by atoms with Crippen molar-refractivity contribution in [3.8, 4) is 11.8 Å². The van der Waals surface area contributed by atoms with Gasteiger partial charge in [-0.2, -0.15) is 0 Å². The Balaban J connectivity index is 2.72. The molecule has 1 aromatic rings. The number of pyridine rings is 1. The Morgan fingerprint density at radius 2 is 2.47 bits per heavy atom. The highest BCUT2D eigenvalue weighted by Gasteiger charge is 2.04. The first-order chi connectivity index (χ1) is 7.24. The van der Waals surface area contributed by atoms with Gasteiger partial charge in [-0.1, -0.05) is 5.92 Å². The minimum absolute atomic E-state index is 0.0166. The van der Waals surface area contributed by atoms with Gasteiger partial charge in [-0.15, -0.1) is 0 Å². The van der Waals surface area contributed by atoms with E-state index in [1.165, 1.54) is 18.3 Å². The number of hydrogen-bond donors (Lipinski definition) is 1. The molecule has 0 aliphatic heterocycles. The van der Waals surface area contributed by atoms with E-state index in [9.17, 15) is 10.1 Å². The smallest absolute Gasteiger partial charge is 0.273 e. The number of nitro groups is 1. The quantitative estimate of drug-likeness (QED) is 0.345. The second-order valence-corrected chi connectivity index (χ2v) is 2.81. The molecule has 1 heterocycles. The molecule has 0 saturated carbocycles. The summed E-state index contributed by atoms with van der Waals surface area (Å²) in [5, 5.41) is 13.4. The van der Waals surface area contributed by atoms with Crippen LogP contribution in [0.1, 0.15) is 12.1 Å². The van der Waals surface area contributed by atoms with Crippen molar-refractivity contribution in [2.24, 2.45) is 0 Å². The molecular formula is C10H11N3O2. The molecule has 0 aliphatic rings. The maximum absolute atomic E-state index is 10.4. The average molecular weight is 205 g/mol. The maximum Gasteiger partial charge on any atom is 0.273 e. The van der Waals surface area contributed by atoms with Gasteiger partial charge < -0.3 is 5.32 Å². The van der Waals surface area contributed by atoms with Crippen LogP contribution in [0.25, 0.3) is 0 Å². The van der Waals surface area contributed by atoms with Crippen molar-refractivity contribution in [1.82, 2.24) is 10.3 Å². The lowest BCUT2D eigenvalue weighted by molar-refractivity contribution is -0.385. The van der Waals surface area contributed by atoms with E-state index in [-0.39, 0.29) is 5.69 Å². The molecule has 5 nitrogen and oxygen atoms in total. The van der Waals surface area contributed by atoms with E-state index < -0.39 is 4.92 Å². The van der Waals surface area contributed by atoms with Crippen molar-refractivity contribution in [2.45, 2.75) is 6.42 Å². The molecule has 1 rings (SSSR count). The van der Waals surface area contributed by atoms with Crippen LogP contribution in [0.5, 0.6) is 0 Å². The maximum atomic E-state index is 10.4. The Labute approximate surface area is 87.7 Å². The summed E-state index contributed by atoms with van der Waals surface area (Å²) >= 11 is 0. The van der Waals surface area contributed by atoms with Crippen molar-refractivity contribution >= 4 is 5.69 Å². The topological polar surface area (TPSA) is 68.1 Å². The van der Waals surface area contributed by atoms with Crippen molar-refractivity contribution in [2.75, 3.05) is 13.6 Å². The third-order valence-electron chi connectivity index (χ3n) is 1.67. The van der Waals surface area contributed by atoms with Gasteiger partial charge in [0.1, 0.15) is 5.69 Å². The Kier molecular flexibility index (Phi) is 4.26. The molecule has 0 unspecified atom stereocenters. The summed E-state index contributed by atoms with van der Waals surface area (Å²) < 4.78 is 0. The van der Waals surface area contributed by atoms with Gasteiger partial charge in [-0.25, -0.2) is 4.98 Å². The zero-order chi connectivity index (χ0) is 11.1. The summed E-state index contributed by atoms with van der Waals surface area (Å²) in [4.78, 5) is 13.9. The van der Waals surface area contributed by atoms with Gasteiger partial charge in [0.25, 0.3) is 5.69 Å². The molecule has 1 aromatic heterocycles. The minimum atomic E-state index is -0.458. The normalized spacial score (nSPS) is 9.13. The van der Waals surface area contributed by atoms with Crippen LogP contribution < -0.4 is 5.32 Å². The predicted molar refractivity (Wildman–Crippen MR) is 56.3 cm³/mol. The molecule has 0 aliphatic carbocycles. The minimum Gasteiger partial charge on any atom is -0.319 e. The van der Waals surface area contributed by atoms with Crippen LogP contribution in [0.3, 0.4) is 0 Å². The molecule has 78 valence electrons. The van der Waals surface area contributed by atoms with Gasteiger partial charge >= 0.3 is 0 Å². The molecule has 0 atom stereocenters. The standard InChI is InChI=1S/C10H11N3O2/c1-11-6-3-2-4-9-8-10(13(14)15)5-7-12-9/h5,7-8,11H,3,6H2,1H3. The first-order valence-electron chi connectivity index (χ1n) is 4.48. The number of rotatable bonds is 3. The van der Waals surface area contributed by atoms with Crippen LogP contribution in [0.4, 0.5) is 5.69 Å². The fourth-order valence-electron chi connectivity index (χ4n) is 0.942. The van der Waals surface area contributed by atoms with E-state index in [2.05, 4.69) is 22.1 Å². The molecule has 0 radical (unpaired) electrons. The van der Waals surface area contributed by atoms with Crippen molar-refractivity contribution < 1.29 is 4.92 Å². The number of nitrogens with one attached hydrogen (secondary N) is 1. The van der Waals surface area contributed by atoms with Gasteiger partial charge in [-0.05, 0) is 13.0 Å². The highest BCUT2D eigenvalue weighted by atomic mass is 16.6. The molecule has 0 aromatic carbocycles. The molecule has 15 heavy (non-hydrogen) atoms. The Morgan fingerprint density at radius 1 is 1.67 bits per heavy atom. The van der Waals surface area contributed by atoms with E-state index in [4.69, 9.17) is 0 Å². The largest absolute Gasteiger partial charge is 0.319 e. The van der Waals surface area contributed by atoms with Crippen LogP contribution in [-0.4, -0.2) is 23.5 Å². The van der Waals surface area contributed by atoms with Gasteiger partial charge in [0.2, 0.25) is 0 Å². The summed E-state index contributed by atoms with van der Waals surface area (Å²) in [6.45, 7) is 0.794. The first-order valence-corrected chi connectivity index (χ1v) is 4.48. The Hall–Kier alpha value is -1.93. The molecule has 5 heteroatoms. The van der Waals surface area contributed by atoms with E-state index in [1.807, 2.05) is 7.05 Å². The number of aromatic nitrogens is 1. The van der Waals surface area contributed by atoms with Gasteiger partial charge in [-0.3, -0.25) is 10.1 Å². The van der Waals surface area contributed by atoms with Crippen LogP contribution in [0.15, 0.2) is 18.3 Å². The highest BCUT2D eigenvalue weighted by Crippen LogP contribution is 2.09. The molecule has 0 saturated heterocycles. The lowest BCUT2D eigenvalue weighted by atomic mass is 10.3. The van der Waals surface area contributed by atoms with Crippen molar-refractivity contribution in [3.05, 3.63) is 34.1 Å². The fraction of sp³-hybridized carbons (Fsp3) is 0.300. The zero-order valence-corrected chi connectivity index (χ0v) is 8.36. The van der Waals surface area contributed by atoms with Crippen LogP contribution in [0, 0.1) is 22.0 Å². The van der Waals surface area contributed by atoms with Crippen LogP contribution in [-0.2, 0) is 0 Å². The second-order valence-electron chi connectivity index (χ2n) is 2.81. The predicted octanol–water partition coefficient (Wildman–Crippen LogP) is 0.951. The van der Waals surface area contributed by atoms with Gasteiger partial charge in [0.05, 0.1) is 11.0 Å². The molecule has 0 amide bonds. The third kappa shape index (κ3) is 3.75. The van der Waals surface area contributed by atoms with Gasteiger partial charge in [0.15, 0.2) is 0 Å². The summed E-state index contributed by atoms with van der Waals surface area (Å²) in [6, 6.07) is 2.71. The summed E-state index contributed by atoms with van der Waals surface area (Å²) in [5.74, 6) is 5.64. The molecule has 0 fully saturated rings. The monoisotopic (exact) mass is 205 g/mol. The average Bonchev–Trinajstić information content (AvgIpc) is 2.25. The van der Waals surface area contributed by atoms with E-state index in [1.54, 1.807) is 0 Å². The van der Waals surface area contributed by atoms with Crippen molar-refractivity contribution in [3.63, 3.8) is 0 Å². The molecule has 1 N–H and O–H groups in total. The number of nitrogens with zero attached hydrogens (tertiary/aromatic N) is 2. The highest BCUT2D eigenvalue weighted by molar-refractivity contribution is 5.37. The Bertz CT molecular complexity index is 407. The SMILES string of the molecule is CNCCC#Cc1cc([N+](=O)[O-])ccn1.